The molecular formula is C18H19N3O2S. The number of carbonyl (C=O) groups excluding carboxylic acids is 1. The Balaban J connectivity index is 1.70. The summed E-state index contributed by atoms with van der Waals surface area (Å²) in [4.78, 5) is 13.8. The highest BCUT2D eigenvalue weighted by Crippen LogP contribution is 2.34. The van der Waals surface area contributed by atoms with Gasteiger partial charge >= 0.3 is 0 Å². The van der Waals surface area contributed by atoms with Crippen molar-refractivity contribution in [2.75, 3.05) is 13.6 Å². The van der Waals surface area contributed by atoms with E-state index in [4.69, 9.17) is 5.21 Å². The van der Waals surface area contributed by atoms with E-state index in [9.17, 15) is 4.79 Å². The zero-order valence-electron chi connectivity index (χ0n) is 13.5. The quantitative estimate of drug-likeness (QED) is 0.569. The first kappa shape index (κ1) is 15.4. The van der Waals surface area contributed by atoms with E-state index in [-0.39, 0.29) is 0 Å². The first-order valence-electron chi connectivity index (χ1n) is 7.96. The average molecular weight is 341 g/mol. The van der Waals surface area contributed by atoms with Crippen LogP contribution in [0.2, 0.25) is 0 Å². The molecule has 4 rings (SSSR count). The SMILES string of the molecule is CN1CCc2c(Cc3ccc(C(=O)NO)cc3)c3sccc3n2C1. The third kappa shape index (κ3) is 2.53. The smallest absolute Gasteiger partial charge is 0.274 e. The molecule has 3 aromatic rings. The van der Waals surface area contributed by atoms with Crippen molar-refractivity contribution < 1.29 is 10.0 Å². The fourth-order valence-electron chi connectivity index (χ4n) is 3.46. The Morgan fingerprint density at radius 1 is 1.29 bits per heavy atom. The number of thiophene rings is 1. The molecule has 0 spiro atoms. The van der Waals surface area contributed by atoms with Crippen LogP contribution in [0.3, 0.4) is 0 Å². The Morgan fingerprint density at radius 3 is 2.83 bits per heavy atom. The van der Waals surface area contributed by atoms with Gasteiger partial charge in [-0.05, 0) is 41.8 Å². The number of carbonyl (C=O) groups is 1. The minimum absolute atomic E-state index is 0.461. The summed E-state index contributed by atoms with van der Waals surface area (Å²) < 4.78 is 3.80. The largest absolute Gasteiger partial charge is 0.330 e. The zero-order valence-corrected chi connectivity index (χ0v) is 14.3. The summed E-state index contributed by atoms with van der Waals surface area (Å²) in [6, 6.07) is 9.64. The number of nitrogens with one attached hydrogen (secondary N) is 1. The van der Waals surface area contributed by atoms with Crippen LogP contribution in [0.15, 0.2) is 35.7 Å². The van der Waals surface area contributed by atoms with Gasteiger partial charge in [-0.3, -0.25) is 14.9 Å². The molecule has 0 radical (unpaired) electrons. The predicted octanol–water partition coefficient (Wildman–Crippen LogP) is 2.86. The number of benzene rings is 1. The molecule has 1 aliphatic rings. The second-order valence-corrected chi connectivity index (χ2v) is 7.19. The van der Waals surface area contributed by atoms with E-state index >= 15 is 0 Å². The Labute approximate surface area is 144 Å². The lowest BCUT2D eigenvalue weighted by Crippen LogP contribution is -2.31. The van der Waals surface area contributed by atoms with Gasteiger partial charge in [-0.2, -0.15) is 0 Å². The van der Waals surface area contributed by atoms with Crippen molar-refractivity contribution >= 4 is 27.5 Å². The lowest BCUT2D eigenvalue weighted by Gasteiger charge is -2.26. The molecule has 0 aliphatic carbocycles. The summed E-state index contributed by atoms with van der Waals surface area (Å²) in [5, 5.41) is 10.9. The molecule has 0 atom stereocenters. The third-order valence-electron chi connectivity index (χ3n) is 4.70. The maximum Gasteiger partial charge on any atom is 0.274 e. The second kappa shape index (κ2) is 6.05. The summed E-state index contributed by atoms with van der Waals surface area (Å²) in [7, 11) is 2.16. The molecule has 3 heterocycles. The van der Waals surface area contributed by atoms with Crippen molar-refractivity contribution in [3.8, 4) is 0 Å². The van der Waals surface area contributed by atoms with E-state index in [0.717, 1.165) is 26.1 Å². The Morgan fingerprint density at radius 2 is 2.08 bits per heavy atom. The summed E-state index contributed by atoms with van der Waals surface area (Å²) in [5.41, 5.74) is 7.47. The van der Waals surface area contributed by atoms with Crippen LogP contribution >= 0.6 is 11.3 Å². The number of hydroxylamine groups is 1. The van der Waals surface area contributed by atoms with Crippen molar-refractivity contribution in [3.05, 3.63) is 58.1 Å². The molecule has 0 unspecified atom stereocenters. The van der Waals surface area contributed by atoms with E-state index < -0.39 is 5.91 Å². The summed E-state index contributed by atoms with van der Waals surface area (Å²) in [6.45, 7) is 2.03. The molecule has 0 fully saturated rings. The van der Waals surface area contributed by atoms with Crippen molar-refractivity contribution in [1.82, 2.24) is 14.9 Å². The fourth-order valence-corrected chi connectivity index (χ4v) is 4.43. The molecule has 24 heavy (non-hydrogen) atoms. The highest BCUT2D eigenvalue weighted by Gasteiger charge is 2.22. The number of likely N-dealkylation sites (N-methyl/N-ethyl adjacent to an activating group) is 1. The number of nitrogens with zero attached hydrogens (tertiary/aromatic N) is 2. The molecule has 2 N–H and O–H groups in total. The van der Waals surface area contributed by atoms with Gasteiger partial charge in [0, 0.05) is 30.6 Å². The van der Waals surface area contributed by atoms with Crippen LogP contribution in [-0.2, 0) is 19.5 Å². The van der Waals surface area contributed by atoms with Crippen LogP contribution in [0.25, 0.3) is 10.2 Å². The minimum atomic E-state index is -0.480. The van der Waals surface area contributed by atoms with Gasteiger partial charge in [-0.25, -0.2) is 5.48 Å². The minimum Gasteiger partial charge on any atom is -0.330 e. The second-order valence-electron chi connectivity index (χ2n) is 6.27. The topological polar surface area (TPSA) is 57.5 Å². The molecule has 2 aromatic heterocycles. The molecule has 0 saturated carbocycles. The molecule has 1 aromatic carbocycles. The van der Waals surface area contributed by atoms with Gasteiger partial charge in [0.1, 0.15) is 0 Å². The molecule has 0 bridgehead atoms. The van der Waals surface area contributed by atoms with Gasteiger partial charge in [0.25, 0.3) is 5.91 Å². The van der Waals surface area contributed by atoms with Crippen LogP contribution < -0.4 is 5.48 Å². The van der Waals surface area contributed by atoms with Crippen LogP contribution in [0.1, 0.15) is 27.2 Å². The standard InChI is InChI=1S/C18H19N3O2S/c1-20-8-6-15-14(17-16(7-9-24-17)21(15)11-20)10-12-2-4-13(5-3-12)18(22)19-23/h2-5,7,9,23H,6,8,10-11H2,1H3,(H,19,22). The normalized spacial score (nSPS) is 14.8. The van der Waals surface area contributed by atoms with Crippen LogP contribution in [-0.4, -0.2) is 34.2 Å². The van der Waals surface area contributed by atoms with E-state index in [1.807, 2.05) is 12.1 Å². The van der Waals surface area contributed by atoms with Gasteiger partial charge in [0.15, 0.2) is 0 Å². The van der Waals surface area contributed by atoms with Gasteiger partial charge < -0.3 is 4.57 Å². The van der Waals surface area contributed by atoms with Crippen LogP contribution in [0, 0.1) is 0 Å². The number of amides is 1. The van der Waals surface area contributed by atoms with Gasteiger partial charge in [-0.15, -0.1) is 11.3 Å². The number of aromatic nitrogens is 1. The van der Waals surface area contributed by atoms with Gasteiger partial charge in [-0.1, -0.05) is 12.1 Å². The molecule has 1 aliphatic heterocycles. The van der Waals surface area contributed by atoms with Gasteiger partial charge in [0.05, 0.1) is 16.9 Å². The number of hydrogen-bond acceptors (Lipinski definition) is 4. The molecule has 5 nitrogen and oxygen atoms in total. The van der Waals surface area contributed by atoms with Crippen molar-refractivity contribution in [2.45, 2.75) is 19.5 Å². The Kier molecular flexibility index (Phi) is 3.88. The summed E-state index contributed by atoms with van der Waals surface area (Å²) in [6.07, 6.45) is 1.93. The first-order valence-corrected chi connectivity index (χ1v) is 8.84. The lowest BCUT2D eigenvalue weighted by molar-refractivity contribution is 0.0706. The highest BCUT2D eigenvalue weighted by molar-refractivity contribution is 7.17. The zero-order chi connectivity index (χ0) is 16.7. The monoisotopic (exact) mass is 341 g/mol. The fraction of sp³-hybridized carbons (Fsp3) is 0.278. The van der Waals surface area contributed by atoms with Gasteiger partial charge in [0.2, 0.25) is 0 Å². The summed E-state index contributed by atoms with van der Waals surface area (Å²) in [5.74, 6) is -0.480. The number of fused-ring (bicyclic) bond motifs is 3. The van der Waals surface area contributed by atoms with E-state index in [1.165, 1.54) is 27.0 Å². The average Bonchev–Trinajstić information content (AvgIpc) is 3.18. The molecule has 0 saturated heterocycles. The lowest BCUT2D eigenvalue weighted by atomic mass is 10.0. The molecule has 6 heteroatoms. The molecule has 1 amide bonds. The van der Waals surface area contributed by atoms with Crippen molar-refractivity contribution in [2.24, 2.45) is 0 Å². The van der Waals surface area contributed by atoms with Crippen LogP contribution in [0.5, 0.6) is 0 Å². The Hall–Kier alpha value is -2.15. The Bertz CT molecular complexity index is 895. The predicted molar refractivity (Wildman–Crippen MR) is 94.6 cm³/mol. The number of hydrogen-bond donors (Lipinski definition) is 2. The maximum absolute atomic E-state index is 11.4. The van der Waals surface area contributed by atoms with Crippen molar-refractivity contribution in [3.63, 3.8) is 0 Å². The third-order valence-corrected chi connectivity index (χ3v) is 5.66. The molecular weight excluding hydrogens is 322 g/mol. The van der Waals surface area contributed by atoms with E-state index in [0.29, 0.717) is 5.56 Å². The maximum atomic E-state index is 11.4. The summed E-state index contributed by atoms with van der Waals surface area (Å²) >= 11 is 1.80. The molecule has 124 valence electrons. The highest BCUT2D eigenvalue weighted by atomic mass is 32.1. The van der Waals surface area contributed by atoms with Crippen LogP contribution in [0.4, 0.5) is 0 Å². The van der Waals surface area contributed by atoms with E-state index in [2.05, 4.69) is 28.0 Å². The van der Waals surface area contributed by atoms with Crippen molar-refractivity contribution in [1.29, 1.82) is 0 Å². The van der Waals surface area contributed by atoms with E-state index in [1.54, 1.807) is 28.9 Å². The number of rotatable bonds is 3. The first-order chi connectivity index (χ1) is 11.7.